The van der Waals surface area contributed by atoms with E-state index in [1.165, 1.54) is 4.88 Å². The average Bonchev–Trinajstić information content (AvgIpc) is 3.36. The molecule has 2 N–H and O–H groups in total. The Hall–Kier alpha value is -2.15. The molecule has 1 amide bonds. The van der Waals surface area contributed by atoms with E-state index in [9.17, 15) is 9.90 Å². The topological polar surface area (TPSA) is 58.6 Å². The molecule has 136 valence electrons. The highest BCUT2D eigenvalue weighted by Crippen LogP contribution is 2.33. The van der Waals surface area contributed by atoms with Crippen molar-refractivity contribution < 1.29 is 14.6 Å². The second kappa shape index (κ2) is 8.98. The Labute approximate surface area is 161 Å². The molecule has 3 rings (SSSR count). The molecule has 0 aliphatic heterocycles. The van der Waals surface area contributed by atoms with E-state index in [-0.39, 0.29) is 12.5 Å². The number of ether oxygens (including phenoxy) is 1. The van der Waals surface area contributed by atoms with Crippen molar-refractivity contribution in [2.24, 2.45) is 0 Å². The van der Waals surface area contributed by atoms with Crippen LogP contribution < -0.4 is 10.1 Å². The van der Waals surface area contributed by atoms with E-state index >= 15 is 0 Å². The first-order valence-corrected chi connectivity index (χ1v) is 10.1. The fourth-order valence-electron chi connectivity index (χ4n) is 2.53. The molecule has 3 aromatic rings. The molecule has 0 fully saturated rings. The third kappa shape index (κ3) is 4.94. The van der Waals surface area contributed by atoms with Crippen LogP contribution in [0.1, 0.15) is 23.0 Å². The minimum absolute atomic E-state index is 0.0603. The summed E-state index contributed by atoms with van der Waals surface area (Å²) in [6, 6.07) is 15.7. The minimum Gasteiger partial charge on any atom is -0.497 e. The van der Waals surface area contributed by atoms with Crippen molar-refractivity contribution in [3.8, 4) is 15.5 Å². The fraction of sp³-hybridized carbons (Fsp3) is 0.250. The number of benzene rings is 1. The normalized spacial score (nSPS) is 11.9. The molecule has 0 bridgehead atoms. The smallest absolute Gasteiger partial charge is 0.220 e. The standard InChI is InChI=1S/C20H21NO3S2/c1-24-15-7-4-14(5-8-15)6-11-20(23)21-13-16(22)17-9-10-19(26-17)18-3-2-12-25-18/h2-5,7-10,12,16,22H,6,11,13H2,1H3,(H,21,23)/t16-/m1/s1. The number of aryl methyl sites for hydroxylation is 1. The van der Waals surface area contributed by atoms with Crippen molar-refractivity contribution in [2.45, 2.75) is 18.9 Å². The van der Waals surface area contributed by atoms with Crippen LogP contribution in [0.3, 0.4) is 0 Å². The Morgan fingerprint density at radius 1 is 1.15 bits per heavy atom. The third-order valence-corrected chi connectivity index (χ3v) is 6.26. The van der Waals surface area contributed by atoms with Crippen LogP contribution in [-0.4, -0.2) is 24.7 Å². The number of hydrogen-bond acceptors (Lipinski definition) is 5. The van der Waals surface area contributed by atoms with Crippen LogP contribution in [0.4, 0.5) is 0 Å². The number of aliphatic hydroxyl groups excluding tert-OH is 1. The number of nitrogens with one attached hydrogen (secondary N) is 1. The number of methoxy groups -OCH3 is 1. The third-order valence-electron chi connectivity index (χ3n) is 4.01. The van der Waals surface area contributed by atoms with Gasteiger partial charge in [0.25, 0.3) is 0 Å². The van der Waals surface area contributed by atoms with E-state index in [0.717, 1.165) is 21.1 Å². The number of hydrogen-bond donors (Lipinski definition) is 2. The van der Waals surface area contributed by atoms with Crippen LogP contribution in [0, 0.1) is 0 Å². The zero-order valence-electron chi connectivity index (χ0n) is 14.5. The van der Waals surface area contributed by atoms with Gasteiger partial charge in [-0.2, -0.15) is 0 Å². The molecule has 0 aliphatic rings. The van der Waals surface area contributed by atoms with Gasteiger partial charge in [-0.1, -0.05) is 18.2 Å². The molecule has 0 saturated carbocycles. The first kappa shape index (κ1) is 18.6. The fourth-order valence-corrected chi connectivity index (χ4v) is 4.36. The summed E-state index contributed by atoms with van der Waals surface area (Å²) in [5, 5.41) is 15.2. The summed E-state index contributed by atoms with van der Waals surface area (Å²) in [6.45, 7) is 0.228. The first-order valence-electron chi connectivity index (χ1n) is 8.37. The summed E-state index contributed by atoms with van der Waals surface area (Å²) in [7, 11) is 1.63. The highest BCUT2D eigenvalue weighted by molar-refractivity contribution is 7.21. The predicted molar refractivity (Wildman–Crippen MR) is 107 cm³/mol. The first-order chi connectivity index (χ1) is 12.7. The van der Waals surface area contributed by atoms with Gasteiger partial charge in [0.1, 0.15) is 11.9 Å². The summed E-state index contributed by atoms with van der Waals surface area (Å²) in [5.41, 5.74) is 1.08. The Morgan fingerprint density at radius 3 is 2.65 bits per heavy atom. The van der Waals surface area contributed by atoms with Crippen molar-refractivity contribution in [3.05, 3.63) is 64.4 Å². The molecule has 0 aliphatic carbocycles. The second-order valence-corrected chi connectivity index (χ2v) is 7.91. The molecule has 0 spiro atoms. The molecule has 0 radical (unpaired) electrons. The summed E-state index contributed by atoms with van der Waals surface area (Å²) in [6.07, 6.45) is 0.371. The van der Waals surface area contributed by atoms with E-state index in [1.807, 2.05) is 47.8 Å². The van der Waals surface area contributed by atoms with Gasteiger partial charge in [-0.3, -0.25) is 4.79 Å². The van der Waals surface area contributed by atoms with Gasteiger partial charge in [0.05, 0.1) is 7.11 Å². The second-order valence-electron chi connectivity index (χ2n) is 5.85. The van der Waals surface area contributed by atoms with Crippen LogP contribution in [-0.2, 0) is 11.2 Å². The number of thiophene rings is 2. The van der Waals surface area contributed by atoms with E-state index in [0.29, 0.717) is 12.8 Å². The van der Waals surface area contributed by atoms with Crippen LogP contribution in [0.25, 0.3) is 9.75 Å². The van der Waals surface area contributed by atoms with Crippen molar-refractivity contribution in [2.75, 3.05) is 13.7 Å². The van der Waals surface area contributed by atoms with Crippen LogP contribution >= 0.6 is 22.7 Å². The quantitative estimate of drug-likeness (QED) is 0.607. The minimum atomic E-state index is -0.682. The Balaban J connectivity index is 1.45. The monoisotopic (exact) mass is 387 g/mol. The molecular weight excluding hydrogens is 366 g/mol. The van der Waals surface area contributed by atoms with Crippen LogP contribution in [0.5, 0.6) is 5.75 Å². The Bertz CT molecular complexity index is 825. The highest BCUT2D eigenvalue weighted by atomic mass is 32.1. The SMILES string of the molecule is COc1ccc(CCC(=O)NC[C@@H](O)c2ccc(-c3cccs3)s2)cc1. The largest absolute Gasteiger partial charge is 0.497 e. The molecule has 2 heterocycles. The lowest BCUT2D eigenvalue weighted by atomic mass is 10.1. The molecule has 2 aromatic heterocycles. The van der Waals surface area contributed by atoms with Gasteiger partial charge >= 0.3 is 0 Å². The summed E-state index contributed by atoms with van der Waals surface area (Å²) >= 11 is 3.24. The number of rotatable bonds is 8. The lowest BCUT2D eigenvalue weighted by Gasteiger charge is -2.10. The number of amides is 1. The van der Waals surface area contributed by atoms with E-state index in [1.54, 1.807) is 29.8 Å². The average molecular weight is 388 g/mol. The molecule has 6 heteroatoms. The van der Waals surface area contributed by atoms with Gasteiger partial charge in [-0.15, -0.1) is 22.7 Å². The molecule has 26 heavy (non-hydrogen) atoms. The van der Waals surface area contributed by atoms with E-state index in [2.05, 4.69) is 11.4 Å². The molecule has 4 nitrogen and oxygen atoms in total. The van der Waals surface area contributed by atoms with Crippen molar-refractivity contribution >= 4 is 28.6 Å². The maximum Gasteiger partial charge on any atom is 0.220 e. The zero-order chi connectivity index (χ0) is 18.4. The molecule has 1 atom stereocenters. The Kier molecular flexibility index (Phi) is 6.44. The van der Waals surface area contributed by atoms with E-state index in [4.69, 9.17) is 4.74 Å². The summed E-state index contributed by atoms with van der Waals surface area (Å²) in [4.78, 5) is 15.2. The van der Waals surface area contributed by atoms with E-state index < -0.39 is 6.10 Å². The summed E-state index contributed by atoms with van der Waals surface area (Å²) < 4.78 is 5.12. The number of carbonyl (C=O) groups is 1. The van der Waals surface area contributed by atoms with Gasteiger partial charge in [0.15, 0.2) is 0 Å². The van der Waals surface area contributed by atoms with Crippen molar-refractivity contribution in [3.63, 3.8) is 0 Å². The number of aliphatic hydroxyl groups is 1. The molecule has 0 saturated heterocycles. The molecular formula is C20H21NO3S2. The zero-order valence-corrected chi connectivity index (χ0v) is 16.1. The maximum absolute atomic E-state index is 12.0. The highest BCUT2D eigenvalue weighted by Gasteiger charge is 2.13. The van der Waals surface area contributed by atoms with Gasteiger partial charge in [-0.05, 0) is 47.7 Å². The van der Waals surface area contributed by atoms with Crippen LogP contribution in [0.15, 0.2) is 53.9 Å². The predicted octanol–water partition coefficient (Wildman–Crippen LogP) is 4.27. The Morgan fingerprint density at radius 2 is 1.96 bits per heavy atom. The molecule has 0 unspecified atom stereocenters. The van der Waals surface area contributed by atoms with Gasteiger partial charge < -0.3 is 15.2 Å². The number of carbonyl (C=O) groups excluding carboxylic acids is 1. The van der Waals surface area contributed by atoms with Crippen LogP contribution in [0.2, 0.25) is 0 Å². The van der Waals surface area contributed by atoms with Crippen molar-refractivity contribution in [1.82, 2.24) is 5.32 Å². The van der Waals surface area contributed by atoms with Crippen molar-refractivity contribution in [1.29, 1.82) is 0 Å². The van der Waals surface area contributed by atoms with Gasteiger partial charge in [0, 0.05) is 27.6 Å². The van der Waals surface area contributed by atoms with Gasteiger partial charge in [-0.25, -0.2) is 0 Å². The maximum atomic E-state index is 12.0. The van der Waals surface area contributed by atoms with Gasteiger partial charge in [0.2, 0.25) is 5.91 Å². The summed E-state index contributed by atoms with van der Waals surface area (Å²) in [5.74, 6) is 0.745. The lowest BCUT2D eigenvalue weighted by Crippen LogP contribution is -2.28. The molecule has 1 aromatic carbocycles. The lowest BCUT2D eigenvalue weighted by molar-refractivity contribution is -0.121.